The number of halogens is 5. The lowest BCUT2D eigenvalue weighted by Gasteiger charge is -2.22. The number of benzene rings is 1. The van der Waals surface area contributed by atoms with E-state index in [0.717, 1.165) is 18.2 Å². The van der Waals surface area contributed by atoms with Crippen molar-refractivity contribution in [2.45, 2.75) is 6.18 Å². The van der Waals surface area contributed by atoms with Crippen LogP contribution in [0.15, 0.2) is 18.2 Å². The molecule has 0 aliphatic rings. The minimum atomic E-state index is -4.77. The Morgan fingerprint density at radius 2 is 1.90 bits per heavy atom. The van der Waals surface area contributed by atoms with Crippen LogP contribution in [0.2, 0.25) is 5.02 Å². The van der Waals surface area contributed by atoms with Gasteiger partial charge in [0.1, 0.15) is 18.9 Å². The molecule has 0 aliphatic heterocycles. The van der Waals surface area contributed by atoms with Crippen LogP contribution in [0.4, 0.5) is 28.0 Å². The predicted molar refractivity (Wildman–Crippen MR) is 65.7 cm³/mol. The van der Waals surface area contributed by atoms with Crippen molar-refractivity contribution in [1.29, 1.82) is 0 Å². The Balaban J connectivity index is 2.87. The number of nitrogens with one attached hydrogen (secondary N) is 1. The number of alkyl halides is 3. The molecule has 0 atom stereocenters. The van der Waals surface area contributed by atoms with Crippen LogP contribution in [-0.2, 0) is 4.79 Å². The number of carboxylic acid groups (broad SMARTS) is 1. The van der Waals surface area contributed by atoms with E-state index in [1.807, 2.05) is 5.32 Å². The van der Waals surface area contributed by atoms with Crippen molar-refractivity contribution < 1.29 is 32.3 Å². The maximum atomic E-state index is 13.0. The first-order chi connectivity index (χ1) is 9.56. The zero-order valence-corrected chi connectivity index (χ0v) is 11.0. The highest BCUT2D eigenvalue weighted by Crippen LogP contribution is 2.20. The number of anilines is 1. The van der Waals surface area contributed by atoms with Crippen LogP contribution >= 0.6 is 11.6 Å². The van der Waals surface area contributed by atoms with Crippen molar-refractivity contribution in [3.8, 4) is 0 Å². The summed E-state index contributed by atoms with van der Waals surface area (Å²) in [5, 5.41) is 10.4. The Labute approximate surface area is 121 Å². The number of rotatable bonds is 4. The van der Waals surface area contributed by atoms with E-state index in [1.165, 1.54) is 0 Å². The third kappa shape index (κ3) is 6.30. The maximum absolute atomic E-state index is 13.0. The van der Waals surface area contributed by atoms with Crippen LogP contribution in [0, 0.1) is 5.82 Å². The van der Waals surface area contributed by atoms with Gasteiger partial charge in [0.05, 0.1) is 0 Å². The molecule has 0 fully saturated rings. The predicted octanol–water partition coefficient (Wildman–Crippen LogP) is 2.96. The summed E-state index contributed by atoms with van der Waals surface area (Å²) in [7, 11) is 0. The third-order valence-corrected chi connectivity index (χ3v) is 2.32. The molecule has 0 radical (unpaired) electrons. The number of hydrogen-bond acceptors (Lipinski definition) is 2. The van der Waals surface area contributed by atoms with E-state index in [4.69, 9.17) is 16.7 Å². The lowest BCUT2D eigenvalue weighted by Crippen LogP contribution is -2.44. The van der Waals surface area contributed by atoms with E-state index in [1.54, 1.807) is 0 Å². The summed E-state index contributed by atoms with van der Waals surface area (Å²) < 4.78 is 49.9. The molecule has 0 unspecified atom stereocenters. The number of urea groups is 1. The van der Waals surface area contributed by atoms with Gasteiger partial charge in [-0.25, -0.2) is 9.18 Å². The quantitative estimate of drug-likeness (QED) is 0.835. The summed E-state index contributed by atoms with van der Waals surface area (Å²) in [5.74, 6) is -2.43. The number of nitrogens with zero attached hydrogens (tertiary/aromatic N) is 1. The lowest BCUT2D eigenvalue weighted by atomic mass is 10.3. The smallest absolute Gasteiger partial charge is 0.406 e. The largest absolute Gasteiger partial charge is 0.480 e. The molecule has 1 rings (SSSR count). The summed E-state index contributed by atoms with van der Waals surface area (Å²) in [6, 6.07) is 1.53. The first-order valence-electron chi connectivity index (χ1n) is 5.37. The third-order valence-electron chi connectivity index (χ3n) is 2.10. The van der Waals surface area contributed by atoms with E-state index in [-0.39, 0.29) is 15.6 Å². The fourth-order valence-electron chi connectivity index (χ4n) is 1.41. The highest BCUT2D eigenvalue weighted by molar-refractivity contribution is 6.30. The summed E-state index contributed by atoms with van der Waals surface area (Å²) in [6.45, 7) is -2.91. The fourth-order valence-corrected chi connectivity index (χ4v) is 1.63. The summed E-state index contributed by atoms with van der Waals surface area (Å²) >= 11 is 5.52. The van der Waals surface area contributed by atoms with Crippen molar-refractivity contribution in [3.63, 3.8) is 0 Å². The molecule has 1 aromatic rings. The van der Waals surface area contributed by atoms with Gasteiger partial charge in [-0.2, -0.15) is 13.2 Å². The average molecular weight is 329 g/mol. The molecule has 0 spiro atoms. The second kappa shape index (κ2) is 6.61. The van der Waals surface area contributed by atoms with Gasteiger partial charge in [-0.3, -0.25) is 4.79 Å². The summed E-state index contributed by atoms with van der Waals surface area (Å²) in [6.07, 6.45) is -4.77. The highest BCUT2D eigenvalue weighted by atomic mass is 35.5. The summed E-state index contributed by atoms with van der Waals surface area (Å²) in [5.41, 5.74) is -0.192. The Kier molecular flexibility index (Phi) is 5.36. The maximum Gasteiger partial charge on any atom is 0.406 e. The lowest BCUT2D eigenvalue weighted by molar-refractivity contribution is -0.148. The Hall–Kier alpha value is -2.03. The van der Waals surface area contributed by atoms with Crippen LogP contribution in [-0.4, -0.2) is 41.3 Å². The molecule has 0 heterocycles. The molecule has 0 bridgehead atoms. The van der Waals surface area contributed by atoms with Gasteiger partial charge < -0.3 is 15.3 Å². The van der Waals surface area contributed by atoms with E-state index < -0.39 is 37.1 Å². The molecule has 116 valence electrons. The zero-order chi connectivity index (χ0) is 16.2. The first kappa shape index (κ1) is 17.0. The number of amides is 2. The van der Waals surface area contributed by atoms with Gasteiger partial charge in [-0.15, -0.1) is 0 Å². The standard InChI is InChI=1S/C11H9ClF4N2O3/c12-6-1-7(13)3-8(2-6)17-10(21)18(4-9(19)20)5-11(14,15)16/h1-3H,4-5H2,(H,17,21)(H,19,20). The summed E-state index contributed by atoms with van der Waals surface area (Å²) in [4.78, 5) is 22.2. The van der Waals surface area contributed by atoms with Crippen LogP contribution in [0.25, 0.3) is 0 Å². The van der Waals surface area contributed by atoms with Crippen molar-refractivity contribution >= 4 is 29.3 Å². The van der Waals surface area contributed by atoms with Gasteiger partial charge in [0, 0.05) is 10.7 Å². The molecular formula is C11H9ClF4N2O3. The number of aliphatic carboxylic acids is 1. The SMILES string of the molecule is O=C(O)CN(CC(F)(F)F)C(=O)Nc1cc(F)cc(Cl)c1. The molecule has 2 amide bonds. The van der Waals surface area contributed by atoms with Crippen LogP contribution < -0.4 is 5.32 Å². The van der Waals surface area contributed by atoms with Crippen LogP contribution in [0.3, 0.4) is 0 Å². The molecule has 21 heavy (non-hydrogen) atoms. The normalized spacial score (nSPS) is 11.1. The van der Waals surface area contributed by atoms with Gasteiger partial charge in [0.15, 0.2) is 0 Å². The Bertz CT molecular complexity index is 531. The molecule has 1 aromatic carbocycles. The van der Waals surface area contributed by atoms with Crippen molar-refractivity contribution in [2.75, 3.05) is 18.4 Å². The number of carbonyl (C=O) groups excluding carboxylic acids is 1. The van der Waals surface area contributed by atoms with Gasteiger partial charge in [-0.05, 0) is 18.2 Å². The van der Waals surface area contributed by atoms with Gasteiger partial charge in [0.2, 0.25) is 0 Å². The molecular weight excluding hydrogens is 320 g/mol. The number of carboxylic acids is 1. The Morgan fingerprint density at radius 3 is 2.38 bits per heavy atom. The van der Waals surface area contributed by atoms with Crippen LogP contribution in [0.1, 0.15) is 0 Å². The van der Waals surface area contributed by atoms with Crippen molar-refractivity contribution in [1.82, 2.24) is 4.90 Å². The molecule has 5 nitrogen and oxygen atoms in total. The second-order valence-corrected chi connectivity index (χ2v) is 4.39. The monoisotopic (exact) mass is 328 g/mol. The minimum Gasteiger partial charge on any atom is -0.480 e. The molecule has 0 saturated carbocycles. The first-order valence-corrected chi connectivity index (χ1v) is 5.75. The van der Waals surface area contributed by atoms with Crippen LogP contribution in [0.5, 0.6) is 0 Å². The average Bonchev–Trinajstić information content (AvgIpc) is 2.23. The minimum absolute atomic E-state index is 0.0289. The molecule has 2 N–H and O–H groups in total. The molecule has 0 aliphatic carbocycles. The van der Waals surface area contributed by atoms with E-state index in [2.05, 4.69) is 0 Å². The van der Waals surface area contributed by atoms with E-state index in [0.29, 0.717) is 0 Å². The Morgan fingerprint density at radius 1 is 1.29 bits per heavy atom. The second-order valence-electron chi connectivity index (χ2n) is 3.95. The molecule has 0 saturated heterocycles. The van der Waals surface area contributed by atoms with E-state index in [9.17, 15) is 27.2 Å². The fraction of sp³-hybridized carbons (Fsp3) is 0.273. The van der Waals surface area contributed by atoms with E-state index >= 15 is 0 Å². The highest BCUT2D eigenvalue weighted by Gasteiger charge is 2.34. The van der Waals surface area contributed by atoms with Gasteiger partial charge >= 0.3 is 18.2 Å². The zero-order valence-electron chi connectivity index (χ0n) is 10.2. The molecule has 10 heteroatoms. The number of hydrogen-bond donors (Lipinski definition) is 2. The van der Waals surface area contributed by atoms with Gasteiger partial charge in [0.25, 0.3) is 0 Å². The van der Waals surface area contributed by atoms with Crippen molar-refractivity contribution in [3.05, 3.63) is 29.0 Å². The number of carbonyl (C=O) groups is 2. The van der Waals surface area contributed by atoms with Gasteiger partial charge in [-0.1, -0.05) is 11.6 Å². The topological polar surface area (TPSA) is 69.6 Å². The molecule has 0 aromatic heterocycles. The van der Waals surface area contributed by atoms with Crippen molar-refractivity contribution in [2.24, 2.45) is 0 Å².